The van der Waals surface area contributed by atoms with Crippen LogP contribution in [0.5, 0.6) is 5.75 Å². The summed E-state index contributed by atoms with van der Waals surface area (Å²) in [5, 5.41) is 4.24. The van der Waals surface area contributed by atoms with Crippen molar-refractivity contribution in [1.82, 2.24) is 24.8 Å². The molecule has 7 nitrogen and oxygen atoms in total. The van der Waals surface area contributed by atoms with Crippen molar-refractivity contribution >= 4 is 28.4 Å². The van der Waals surface area contributed by atoms with Crippen molar-refractivity contribution in [1.29, 1.82) is 0 Å². The van der Waals surface area contributed by atoms with Crippen molar-refractivity contribution in [2.24, 2.45) is 0 Å². The van der Waals surface area contributed by atoms with Crippen LogP contribution in [0.25, 0.3) is 16.6 Å². The number of aryl methyl sites for hydroxylation is 1. The Labute approximate surface area is 178 Å². The highest BCUT2D eigenvalue weighted by Gasteiger charge is 2.14. The van der Waals surface area contributed by atoms with Gasteiger partial charge in [0, 0.05) is 42.2 Å². The average molecular weight is 422 g/mol. The van der Waals surface area contributed by atoms with Crippen LogP contribution in [-0.4, -0.2) is 25.4 Å². The summed E-state index contributed by atoms with van der Waals surface area (Å²) < 4.78 is 8.09. The minimum Gasteiger partial charge on any atom is -0.486 e. The fraction of sp³-hybridized carbons (Fsp3) is 0.182. The van der Waals surface area contributed by atoms with E-state index in [2.05, 4.69) is 15.3 Å². The summed E-state index contributed by atoms with van der Waals surface area (Å²) in [5.41, 5.74) is 4.00. The number of hydrogen-bond acceptors (Lipinski definition) is 5. The van der Waals surface area contributed by atoms with Crippen LogP contribution >= 0.6 is 11.6 Å². The second-order valence-electron chi connectivity index (χ2n) is 6.82. The first kappa shape index (κ1) is 19.8. The normalized spacial score (nSPS) is 10.9. The number of aromatic nitrogens is 4. The van der Waals surface area contributed by atoms with E-state index < -0.39 is 0 Å². The third-order valence-corrected chi connectivity index (χ3v) is 5.01. The van der Waals surface area contributed by atoms with Crippen molar-refractivity contribution in [3.05, 3.63) is 77.2 Å². The van der Waals surface area contributed by atoms with Crippen LogP contribution in [0.15, 0.2) is 55.2 Å². The number of benzene rings is 1. The van der Waals surface area contributed by atoms with E-state index in [0.717, 1.165) is 27.8 Å². The van der Waals surface area contributed by atoms with E-state index >= 15 is 0 Å². The van der Waals surface area contributed by atoms with Gasteiger partial charge in [-0.05, 0) is 25.1 Å². The number of fused-ring (bicyclic) bond motifs is 1. The quantitative estimate of drug-likeness (QED) is 0.509. The van der Waals surface area contributed by atoms with Crippen molar-refractivity contribution in [2.75, 3.05) is 0 Å². The third kappa shape index (κ3) is 4.11. The fourth-order valence-electron chi connectivity index (χ4n) is 3.23. The van der Waals surface area contributed by atoms with Gasteiger partial charge in [0.25, 0.3) is 0 Å². The molecule has 1 amide bonds. The van der Waals surface area contributed by atoms with Gasteiger partial charge in [0.05, 0.1) is 29.3 Å². The summed E-state index contributed by atoms with van der Waals surface area (Å²) in [5.74, 6) is 0.507. The van der Waals surface area contributed by atoms with Gasteiger partial charge in [-0.3, -0.25) is 9.78 Å². The van der Waals surface area contributed by atoms with Gasteiger partial charge < -0.3 is 14.6 Å². The van der Waals surface area contributed by atoms with E-state index in [-0.39, 0.29) is 19.1 Å². The molecule has 152 valence electrons. The van der Waals surface area contributed by atoms with E-state index in [1.807, 2.05) is 42.0 Å². The number of rotatable bonds is 6. The number of amides is 1. The van der Waals surface area contributed by atoms with E-state index in [1.54, 1.807) is 24.8 Å². The summed E-state index contributed by atoms with van der Waals surface area (Å²) in [6.07, 6.45) is 7.00. The Morgan fingerprint density at radius 3 is 2.90 bits per heavy atom. The Hall–Kier alpha value is -3.45. The monoisotopic (exact) mass is 421 g/mol. The molecule has 0 fully saturated rings. The first-order chi connectivity index (χ1) is 14.5. The Kier molecular flexibility index (Phi) is 5.63. The molecular weight excluding hydrogens is 402 g/mol. The van der Waals surface area contributed by atoms with Gasteiger partial charge in [-0.15, -0.1) is 0 Å². The number of nitrogens with one attached hydrogen (secondary N) is 1. The highest BCUT2D eigenvalue weighted by molar-refractivity contribution is 6.31. The van der Waals surface area contributed by atoms with Crippen LogP contribution in [0.4, 0.5) is 0 Å². The maximum absolute atomic E-state index is 11.3. The molecule has 3 heterocycles. The summed E-state index contributed by atoms with van der Waals surface area (Å²) in [4.78, 5) is 24.5. The molecule has 8 heteroatoms. The molecule has 0 atom stereocenters. The van der Waals surface area contributed by atoms with Crippen LogP contribution in [0.3, 0.4) is 0 Å². The van der Waals surface area contributed by atoms with Crippen LogP contribution in [0.2, 0.25) is 5.02 Å². The molecule has 4 rings (SSSR count). The molecule has 30 heavy (non-hydrogen) atoms. The molecule has 0 saturated carbocycles. The second-order valence-corrected chi connectivity index (χ2v) is 7.23. The van der Waals surface area contributed by atoms with Crippen molar-refractivity contribution < 1.29 is 9.53 Å². The molecular formula is C22H20ClN5O2. The molecule has 3 aromatic heterocycles. The van der Waals surface area contributed by atoms with Crippen molar-refractivity contribution in [3.8, 4) is 11.4 Å². The van der Waals surface area contributed by atoms with E-state index in [9.17, 15) is 4.79 Å². The summed E-state index contributed by atoms with van der Waals surface area (Å²) >= 11 is 6.39. The molecule has 1 aromatic carbocycles. The predicted molar refractivity (Wildman–Crippen MR) is 115 cm³/mol. The SMILES string of the molecule is CC(=O)NCc1nccc(Cl)c1COc1cccc2c(-n3ccnc3)cc(C)nc12. The van der Waals surface area contributed by atoms with Gasteiger partial charge in [0.2, 0.25) is 5.91 Å². The van der Waals surface area contributed by atoms with Crippen LogP contribution in [0.1, 0.15) is 23.9 Å². The molecule has 4 aromatic rings. The maximum Gasteiger partial charge on any atom is 0.217 e. The van der Waals surface area contributed by atoms with E-state index in [1.165, 1.54) is 6.92 Å². The van der Waals surface area contributed by atoms with Gasteiger partial charge in [-0.1, -0.05) is 23.7 Å². The molecule has 0 aliphatic rings. The number of imidazole rings is 1. The lowest BCUT2D eigenvalue weighted by Crippen LogP contribution is -2.21. The topological polar surface area (TPSA) is 81.9 Å². The van der Waals surface area contributed by atoms with Gasteiger partial charge >= 0.3 is 0 Å². The first-order valence-electron chi connectivity index (χ1n) is 9.41. The summed E-state index contributed by atoms with van der Waals surface area (Å²) in [6, 6.07) is 9.53. The Morgan fingerprint density at radius 1 is 1.27 bits per heavy atom. The van der Waals surface area contributed by atoms with Crippen LogP contribution in [0, 0.1) is 6.92 Å². The average Bonchev–Trinajstić information content (AvgIpc) is 3.25. The zero-order chi connectivity index (χ0) is 21.1. The minimum atomic E-state index is -0.135. The summed E-state index contributed by atoms with van der Waals surface area (Å²) in [7, 11) is 0. The van der Waals surface area contributed by atoms with Gasteiger partial charge in [0.15, 0.2) is 0 Å². The minimum absolute atomic E-state index is 0.135. The number of pyridine rings is 2. The zero-order valence-corrected chi connectivity index (χ0v) is 17.3. The number of hydrogen-bond donors (Lipinski definition) is 1. The fourth-order valence-corrected chi connectivity index (χ4v) is 3.45. The Balaban J connectivity index is 1.69. The highest BCUT2D eigenvalue weighted by atomic mass is 35.5. The van der Waals surface area contributed by atoms with Gasteiger partial charge in [-0.25, -0.2) is 9.97 Å². The molecule has 0 saturated heterocycles. The number of para-hydroxylation sites is 1. The van der Waals surface area contributed by atoms with Crippen molar-refractivity contribution in [2.45, 2.75) is 27.0 Å². The van der Waals surface area contributed by atoms with Gasteiger partial charge in [-0.2, -0.15) is 0 Å². The first-order valence-corrected chi connectivity index (χ1v) is 9.79. The summed E-state index contributed by atoms with van der Waals surface area (Å²) in [6.45, 7) is 3.89. The zero-order valence-electron chi connectivity index (χ0n) is 16.6. The molecule has 0 aliphatic carbocycles. The standard InChI is InChI=1S/C22H20ClN5O2/c1-14-10-20(28-9-8-24-13-28)16-4-3-5-21(22(16)27-14)30-12-17-18(23)6-7-25-19(17)11-26-15(2)29/h3-10,13H,11-12H2,1-2H3,(H,26,29). The number of halogens is 1. The molecule has 0 bridgehead atoms. The van der Waals surface area contributed by atoms with E-state index in [0.29, 0.717) is 16.5 Å². The lowest BCUT2D eigenvalue weighted by Gasteiger charge is -2.15. The highest BCUT2D eigenvalue weighted by Crippen LogP contribution is 2.30. The molecule has 0 spiro atoms. The molecule has 0 unspecified atom stereocenters. The molecule has 0 aliphatic heterocycles. The largest absolute Gasteiger partial charge is 0.486 e. The van der Waals surface area contributed by atoms with Gasteiger partial charge in [0.1, 0.15) is 17.9 Å². The lowest BCUT2D eigenvalue weighted by atomic mass is 10.1. The number of carbonyl (C=O) groups excluding carboxylic acids is 1. The van der Waals surface area contributed by atoms with Crippen molar-refractivity contribution in [3.63, 3.8) is 0 Å². The lowest BCUT2D eigenvalue weighted by molar-refractivity contribution is -0.119. The van der Waals surface area contributed by atoms with E-state index in [4.69, 9.17) is 21.3 Å². The molecule has 0 radical (unpaired) electrons. The van der Waals surface area contributed by atoms with Crippen LogP contribution in [-0.2, 0) is 17.9 Å². The smallest absolute Gasteiger partial charge is 0.217 e. The third-order valence-electron chi connectivity index (χ3n) is 4.66. The number of carbonyl (C=O) groups is 1. The Bertz CT molecular complexity index is 1210. The second kappa shape index (κ2) is 8.51. The maximum atomic E-state index is 11.3. The Morgan fingerprint density at radius 2 is 2.13 bits per heavy atom. The predicted octanol–water partition coefficient (Wildman–Crippen LogP) is 3.99. The van der Waals surface area contributed by atoms with Crippen LogP contribution < -0.4 is 10.1 Å². The molecule has 1 N–H and O–H groups in total. The number of nitrogens with zero attached hydrogens (tertiary/aromatic N) is 4. The number of ether oxygens (including phenoxy) is 1.